The molecule has 9 heteroatoms. The zero-order valence-electron chi connectivity index (χ0n) is 14.1. The van der Waals surface area contributed by atoms with Crippen molar-refractivity contribution in [2.24, 2.45) is 0 Å². The van der Waals surface area contributed by atoms with E-state index in [1.165, 1.54) is 17.4 Å². The molecular weight excluding hydrogens is 370 g/mol. The average Bonchev–Trinajstić information content (AvgIpc) is 3.30. The van der Waals surface area contributed by atoms with Crippen molar-refractivity contribution >= 4 is 28.1 Å². The van der Waals surface area contributed by atoms with Crippen LogP contribution in [0.1, 0.15) is 15.9 Å². The Kier molecular flexibility index (Phi) is 4.21. The lowest BCUT2D eigenvalue weighted by molar-refractivity contribution is -0.385. The van der Waals surface area contributed by atoms with Gasteiger partial charge in [0.05, 0.1) is 10.6 Å². The van der Waals surface area contributed by atoms with E-state index in [0.717, 1.165) is 0 Å². The summed E-state index contributed by atoms with van der Waals surface area (Å²) in [7, 11) is 0. The van der Waals surface area contributed by atoms with Gasteiger partial charge in [0.2, 0.25) is 6.79 Å². The predicted molar refractivity (Wildman–Crippen MR) is 99.5 cm³/mol. The van der Waals surface area contributed by atoms with Crippen molar-refractivity contribution in [3.05, 3.63) is 63.0 Å². The Morgan fingerprint density at radius 3 is 2.85 bits per heavy atom. The molecule has 27 heavy (non-hydrogen) atoms. The molecule has 1 aliphatic rings. The Balaban J connectivity index is 1.54. The summed E-state index contributed by atoms with van der Waals surface area (Å²) in [5.41, 5.74) is 2.21. The lowest BCUT2D eigenvalue weighted by atomic mass is 10.1. The monoisotopic (exact) mass is 383 g/mol. The maximum Gasteiger partial charge on any atom is 0.272 e. The number of nitro groups is 1. The van der Waals surface area contributed by atoms with E-state index >= 15 is 0 Å². The number of ether oxygens (including phenoxy) is 2. The molecule has 136 valence electrons. The number of nitrogens with one attached hydrogen (secondary N) is 1. The molecule has 1 aliphatic heterocycles. The van der Waals surface area contributed by atoms with Gasteiger partial charge in [-0.15, -0.1) is 11.3 Å². The van der Waals surface area contributed by atoms with Crippen molar-refractivity contribution in [1.82, 2.24) is 4.98 Å². The fourth-order valence-corrected chi connectivity index (χ4v) is 3.35. The first-order chi connectivity index (χ1) is 13.0. The highest BCUT2D eigenvalue weighted by Gasteiger charge is 2.18. The molecule has 0 unspecified atom stereocenters. The first-order valence-electron chi connectivity index (χ1n) is 7.93. The number of aromatic nitrogens is 1. The molecule has 0 aliphatic carbocycles. The number of benzene rings is 2. The van der Waals surface area contributed by atoms with Gasteiger partial charge in [-0.3, -0.25) is 20.2 Å². The second-order valence-electron chi connectivity index (χ2n) is 5.82. The molecule has 2 heterocycles. The number of carbonyl (C=O) groups excluding carboxylic acids is 1. The summed E-state index contributed by atoms with van der Waals surface area (Å²) in [5.74, 6) is 0.794. The highest BCUT2D eigenvalue weighted by atomic mass is 32.1. The molecule has 0 radical (unpaired) electrons. The third-order valence-electron chi connectivity index (χ3n) is 4.06. The van der Waals surface area contributed by atoms with Crippen LogP contribution in [0.15, 0.2) is 41.8 Å². The SMILES string of the molecule is Cc1ccc(-c2csc(NC(=O)c3ccc4c(c3)OCO4)n2)cc1[N+](=O)[O-]. The summed E-state index contributed by atoms with van der Waals surface area (Å²) in [4.78, 5) is 27.5. The molecule has 0 saturated carbocycles. The number of nitro benzene ring substituents is 1. The topological polar surface area (TPSA) is 104 Å². The van der Waals surface area contributed by atoms with Crippen LogP contribution in [-0.4, -0.2) is 22.6 Å². The van der Waals surface area contributed by atoms with Crippen LogP contribution in [0.2, 0.25) is 0 Å². The molecule has 2 aromatic carbocycles. The Morgan fingerprint density at radius 2 is 2.04 bits per heavy atom. The molecule has 8 nitrogen and oxygen atoms in total. The molecular formula is C18H13N3O5S. The van der Waals surface area contributed by atoms with E-state index in [9.17, 15) is 14.9 Å². The van der Waals surface area contributed by atoms with E-state index in [4.69, 9.17) is 9.47 Å². The minimum atomic E-state index is -0.423. The van der Waals surface area contributed by atoms with Crippen molar-refractivity contribution in [3.63, 3.8) is 0 Å². The Morgan fingerprint density at radius 1 is 1.22 bits per heavy atom. The molecule has 0 atom stereocenters. The van der Waals surface area contributed by atoms with E-state index in [2.05, 4.69) is 10.3 Å². The Labute approximate surface area is 157 Å². The number of aryl methyl sites for hydroxylation is 1. The van der Waals surface area contributed by atoms with Gasteiger partial charge >= 0.3 is 0 Å². The molecule has 1 N–H and O–H groups in total. The van der Waals surface area contributed by atoms with Gasteiger partial charge in [0.1, 0.15) is 0 Å². The second-order valence-corrected chi connectivity index (χ2v) is 6.68. The number of rotatable bonds is 4. The van der Waals surface area contributed by atoms with Gasteiger partial charge in [0.15, 0.2) is 16.6 Å². The number of nitrogens with zero attached hydrogens (tertiary/aromatic N) is 2. The quantitative estimate of drug-likeness (QED) is 0.539. The van der Waals surface area contributed by atoms with Crippen molar-refractivity contribution in [3.8, 4) is 22.8 Å². The highest BCUT2D eigenvalue weighted by molar-refractivity contribution is 7.14. The van der Waals surface area contributed by atoms with Crippen molar-refractivity contribution < 1.29 is 19.2 Å². The highest BCUT2D eigenvalue weighted by Crippen LogP contribution is 2.33. The molecule has 3 aromatic rings. The maximum absolute atomic E-state index is 12.4. The first-order valence-corrected chi connectivity index (χ1v) is 8.81. The largest absolute Gasteiger partial charge is 0.454 e. The molecule has 0 bridgehead atoms. The normalized spacial score (nSPS) is 12.0. The van der Waals surface area contributed by atoms with Crippen LogP contribution in [0, 0.1) is 17.0 Å². The number of hydrogen-bond acceptors (Lipinski definition) is 7. The van der Waals surface area contributed by atoms with Crippen molar-refractivity contribution in [2.45, 2.75) is 6.92 Å². The van der Waals surface area contributed by atoms with E-state index in [-0.39, 0.29) is 18.4 Å². The zero-order chi connectivity index (χ0) is 19.0. The lowest BCUT2D eigenvalue weighted by Crippen LogP contribution is -2.11. The third kappa shape index (κ3) is 3.32. The van der Waals surface area contributed by atoms with E-state index in [1.54, 1.807) is 42.6 Å². The van der Waals surface area contributed by atoms with Crippen LogP contribution in [0.4, 0.5) is 10.8 Å². The second kappa shape index (κ2) is 6.69. The molecule has 0 saturated heterocycles. The predicted octanol–water partition coefficient (Wildman–Crippen LogP) is 4.01. The van der Waals surface area contributed by atoms with Crippen LogP contribution >= 0.6 is 11.3 Å². The third-order valence-corrected chi connectivity index (χ3v) is 4.82. The van der Waals surface area contributed by atoms with E-state index in [1.807, 2.05) is 0 Å². The molecule has 4 rings (SSSR count). The van der Waals surface area contributed by atoms with Gasteiger partial charge in [0, 0.05) is 28.1 Å². The Bertz CT molecular complexity index is 1060. The van der Waals surface area contributed by atoms with Gasteiger partial charge in [0.25, 0.3) is 11.6 Å². The average molecular weight is 383 g/mol. The Hall–Kier alpha value is -3.46. The van der Waals surface area contributed by atoms with Gasteiger partial charge in [-0.2, -0.15) is 0 Å². The minimum absolute atomic E-state index is 0.0337. The molecule has 0 spiro atoms. The van der Waals surface area contributed by atoms with Crippen molar-refractivity contribution in [2.75, 3.05) is 12.1 Å². The standard InChI is InChI=1S/C18H13N3O5S/c1-10-2-3-11(6-14(10)21(23)24)13-8-27-18(19-13)20-17(22)12-4-5-15-16(7-12)26-9-25-15/h2-8H,9H2,1H3,(H,19,20,22). The van der Waals surface area contributed by atoms with Gasteiger partial charge in [-0.05, 0) is 25.1 Å². The van der Waals surface area contributed by atoms with Crippen LogP contribution < -0.4 is 14.8 Å². The van der Waals surface area contributed by atoms with Gasteiger partial charge < -0.3 is 9.47 Å². The van der Waals surface area contributed by atoms with Crippen LogP contribution in [0.5, 0.6) is 11.5 Å². The summed E-state index contributed by atoms with van der Waals surface area (Å²) in [6.07, 6.45) is 0. The fourth-order valence-electron chi connectivity index (χ4n) is 2.64. The minimum Gasteiger partial charge on any atom is -0.454 e. The number of anilines is 1. The summed E-state index contributed by atoms with van der Waals surface area (Å²) >= 11 is 1.24. The summed E-state index contributed by atoms with van der Waals surface area (Å²) in [6.45, 7) is 1.82. The number of amides is 1. The first kappa shape index (κ1) is 17.0. The van der Waals surface area contributed by atoms with Crippen LogP contribution in [-0.2, 0) is 0 Å². The number of fused-ring (bicyclic) bond motifs is 1. The maximum atomic E-state index is 12.4. The molecule has 1 amide bonds. The smallest absolute Gasteiger partial charge is 0.272 e. The molecule has 0 fully saturated rings. The summed E-state index contributed by atoms with van der Waals surface area (Å²) in [6, 6.07) is 9.85. The van der Waals surface area contributed by atoms with Gasteiger partial charge in [-0.25, -0.2) is 4.98 Å². The zero-order valence-corrected chi connectivity index (χ0v) is 14.9. The summed E-state index contributed by atoms with van der Waals surface area (Å²) < 4.78 is 10.5. The van der Waals surface area contributed by atoms with Crippen LogP contribution in [0.3, 0.4) is 0 Å². The number of carbonyl (C=O) groups is 1. The summed E-state index contributed by atoms with van der Waals surface area (Å²) in [5, 5.41) is 16.0. The van der Waals surface area contributed by atoms with Crippen LogP contribution in [0.25, 0.3) is 11.3 Å². The lowest BCUT2D eigenvalue weighted by Gasteiger charge is -2.03. The fraction of sp³-hybridized carbons (Fsp3) is 0.111. The van der Waals surface area contributed by atoms with E-state index < -0.39 is 4.92 Å². The van der Waals surface area contributed by atoms with E-state index in [0.29, 0.717) is 39.0 Å². The van der Waals surface area contributed by atoms with Crippen molar-refractivity contribution in [1.29, 1.82) is 0 Å². The van der Waals surface area contributed by atoms with Gasteiger partial charge in [-0.1, -0.05) is 12.1 Å². The number of thiazole rings is 1. The number of hydrogen-bond donors (Lipinski definition) is 1. The molecule has 1 aromatic heterocycles.